The first-order chi connectivity index (χ1) is 14.3. The van der Waals surface area contributed by atoms with Crippen LogP contribution in [-0.4, -0.2) is 14.4 Å². The van der Waals surface area contributed by atoms with Crippen molar-refractivity contribution in [1.82, 2.24) is 4.72 Å². The van der Waals surface area contributed by atoms with Crippen molar-refractivity contribution in [2.45, 2.75) is 17.9 Å². The predicted octanol–water partition coefficient (Wildman–Crippen LogP) is 5.09. The quantitative estimate of drug-likeness (QED) is 0.586. The normalized spacial score (nSPS) is 16.8. The lowest BCUT2D eigenvalue weighted by molar-refractivity contribution is 0.483. The standard InChI is InChI=1S/C21H17ClFN3O3S/c1-13(14-7-2-4-9-16(14)23)24-21-25-20-18(29-17-10-5-3-8-15(17)22)11-6-12-19(20)30(27,28)26-21/h2-13H,1H3,(H2,24,25,26). The maximum atomic E-state index is 14.1. The number of nitrogens with one attached hydrogen (secondary N) is 2. The first-order valence-corrected chi connectivity index (χ1v) is 10.9. The van der Waals surface area contributed by atoms with Gasteiger partial charge in [-0.05, 0) is 37.3 Å². The van der Waals surface area contributed by atoms with Crippen molar-refractivity contribution in [2.24, 2.45) is 4.99 Å². The van der Waals surface area contributed by atoms with Gasteiger partial charge in [-0.1, -0.05) is 48.0 Å². The molecule has 0 saturated carbocycles. The Morgan fingerprint density at radius 2 is 1.70 bits per heavy atom. The van der Waals surface area contributed by atoms with Gasteiger partial charge in [0.1, 0.15) is 22.1 Å². The summed E-state index contributed by atoms with van der Waals surface area (Å²) in [4.78, 5) is 4.33. The Labute approximate surface area is 178 Å². The van der Waals surface area contributed by atoms with Crippen LogP contribution in [0.25, 0.3) is 0 Å². The second kappa shape index (κ2) is 7.97. The average molecular weight is 446 g/mol. The van der Waals surface area contributed by atoms with Crippen LogP contribution in [0.4, 0.5) is 10.1 Å². The van der Waals surface area contributed by atoms with Crippen molar-refractivity contribution in [1.29, 1.82) is 0 Å². The molecule has 1 heterocycles. The summed E-state index contributed by atoms with van der Waals surface area (Å²) in [5.41, 5.74) is 0.563. The molecule has 30 heavy (non-hydrogen) atoms. The lowest BCUT2D eigenvalue weighted by atomic mass is 10.1. The maximum absolute atomic E-state index is 14.1. The Bertz CT molecular complexity index is 1250. The van der Waals surface area contributed by atoms with Gasteiger partial charge in [-0.25, -0.2) is 22.5 Å². The SMILES string of the molecule is CC(N=C1Nc2c(Oc3ccccc3Cl)cccc2S(=O)(=O)N1)c1ccccc1F. The maximum Gasteiger partial charge on any atom is 0.266 e. The monoisotopic (exact) mass is 445 g/mol. The number of benzene rings is 3. The zero-order valence-corrected chi connectivity index (χ0v) is 17.3. The van der Waals surface area contributed by atoms with Crippen LogP contribution in [0.15, 0.2) is 76.6 Å². The molecule has 9 heteroatoms. The Kier molecular flexibility index (Phi) is 5.36. The van der Waals surface area contributed by atoms with Crippen molar-refractivity contribution >= 4 is 33.3 Å². The van der Waals surface area contributed by atoms with E-state index in [9.17, 15) is 12.8 Å². The van der Waals surface area contributed by atoms with Crippen LogP contribution < -0.4 is 14.8 Å². The van der Waals surface area contributed by atoms with Crippen molar-refractivity contribution in [3.05, 3.63) is 83.1 Å². The van der Waals surface area contributed by atoms with Crippen LogP contribution in [0.5, 0.6) is 11.5 Å². The van der Waals surface area contributed by atoms with Crippen molar-refractivity contribution in [3.8, 4) is 11.5 Å². The average Bonchev–Trinajstić information content (AvgIpc) is 2.70. The van der Waals surface area contributed by atoms with Crippen LogP contribution in [0.2, 0.25) is 5.02 Å². The van der Waals surface area contributed by atoms with E-state index in [1.165, 1.54) is 12.1 Å². The van der Waals surface area contributed by atoms with Gasteiger partial charge in [0.15, 0.2) is 5.75 Å². The minimum atomic E-state index is -3.90. The van der Waals surface area contributed by atoms with E-state index in [0.717, 1.165) is 0 Å². The summed E-state index contributed by atoms with van der Waals surface area (Å²) in [6.07, 6.45) is 0. The minimum Gasteiger partial charge on any atom is -0.454 e. The van der Waals surface area contributed by atoms with Crippen molar-refractivity contribution in [3.63, 3.8) is 0 Å². The molecular weight excluding hydrogens is 429 g/mol. The zero-order chi connectivity index (χ0) is 21.3. The molecule has 6 nitrogen and oxygen atoms in total. The number of nitrogens with zero attached hydrogens (tertiary/aromatic N) is 1. The first kappa shape index (κ1) is 20.2. The molecule has 0 aromatic heterocycles. The number of hydrogen-bond donors (Lipinski definition) is 2. The summed E-state index contributed by atoms with van der Waals surface area (Å²) in [5, 5.41) is 3.33. The molecule has 0 amide bonds. The van der Waals surface area contributed by atoms with Gasteiger partial charge < -0.3 is 10.1 Å². The van der Waals surface area contributed by atoms with Crippen molar-refractivity contribution < 1.29 is 17.5 Å². The number of guanidine groups is 1. The fourth-order valence-corrected chi connectivity index (χ4v) is 4.37. The molecule has 1 aliphatic rings. The van der Waals surface area contributed by atoms with E-state index in [1.54, 1.807) is 61.5 Å². The molecule has 0 radical (unpaired) electrons. The number of hydrogen-bond acceptors (Lipinski definition) is 4. The highest BCUT2D eigenvalue weighted by molar-refractivity contribution is 7.90. The molecule has 1 aliphatic heterocycles. The Hall–Kier alpha value is -3.10. The van der Waals surface area contributed by atoms with E-state index in [4.69, 9.17) is 16.3 Å². The predicted molar refractivity (Wildman–Crippen MR) is 114 cm³/mol. The lowest BCUT2D eigenvalue weighted by Gasteiger charge is -2.24. The second-order valence-corrected chi connectivity index (χ2v) is 8.63. The van der Waals surface area contributed by atoms with Crippen LogP contribution >= 0.6 is 11.6 Å². The van der Waals surface area contributed by atoms with E-state index in [-0.39, 0.29) is 22.3 Å². The molecule has 2 N–H and O–H groups in total. The third-order valence-electron chi connectivity index (χ3n) is 4.49. The van der Waals surface area contributed by atoms with E-state index < -0.39 is 21.9 Å². The van der Waals surface area contributed by atoms with Crippen LogP contribution in [0.3, 0.4) is 0 Å². The molecular formula is C21H17ClFN3O3S. The third kappa shape index (κ3) is 3.96. The first-order valence-electron chi connectivity index (χ1n) is 9.02. The van der Waals surface area contributed by atoms with E-state index >= 15 is 0 Å². The Morgan fingerprint density at radius 1 is 1.00 bits per heavy atom. The number of aliphatic imine (C=N–C) groups is 1. The summed E-state index contributed by atoms with van der Waals surface area (Å²) in [6, 6.07) is 17.1. The molecule has 1 atom stereocenters. The van der Waals surface area contributed by atoms with E-state index in [1.807, 2.05) is 0 Å². The van der Waals surface area contributed by atoms with Gasteiger partial charge in [0.05, 0.1) is 11.1 Å². The van der Waals surface area contributed by atoms with Gasteiger partial charge in [-0.15, -0.1) is 0 Å². The van der Waals surface area contributed by atoms with Gasteiger partial charge in [0.25, 0.3) is 10.0 Å². The van der Waals surface area contributed by atoms with Gasteiger partial charge >= 0.3 is 0 Å². The summed E-state index contributed by atoms with van der Waals surface area (Å²) < 4.78 is 47.8. The number of para-hydroxylation sites is 2. The van der Waals surface area contributed by atoms with Crippen LogP contribution in [-0.2, 0) is 10.0 Å². The molecule has 0 bridgehead atoms. The van der Waals surface area contributed by atoms with Gasteiger partial charge in [0.2, 0.25) is 5.96 Å². The second-order valence-electron chi connectivity index (χ2n) is 6.57. The fourth-order valence-electron chi connectivity index (χ4n) is 3.05. The smallest absolute Gasteiger partial charge is 0.266 e. The van der Waals surface area contributed by atoms with Crippen molar-refractivity contribution in [2.75, 3.05) is 5.32 Å². The molecule has 4 rings (SSSR count). The third-order valence-corrected chi connectivity index (χ3v) is 6.18. The lowest BCUT2D eigenvalue weighted by Crippen LogP contribution is -2.41. The number of anilines is 1. The molecule has 0 aliphatic carbocycles. The fraction of sp³-hybridized carbons (Fsp3) is 0.0952. The Balaban J connectivity index is 1.73. The summed E-state index contributed by atoms with van der Waals surface area (Å²) >= 11 is 6.16. The van der Waals surface area contributed by atoms with Crippen LogP contribution in [0.1, 0.15) is 18.5 Å². The van der Waals surface area contributed by atoms with Crippen LogP contribution in [0, 0.1) is 5.82 Å². The minimum absolute atomic E-state index is 0.00421. The molecule has 3 aromatic rings. The summed E-state index contributed by atoms with van der Waals surface area (Å²) in [7, 11) is -3.90. The topological polar surface area (TPSA) is 79.8 Å². The van der Waals surface area contributed by atoms with E-state index in [2.05, 4.69) is 15.0 Å². The molecule has 154 valence electrons. The van der Waals surface area contributed by atoms with Gasteiger partial charge in [-0.2, -0.15) is 0 Å². The molecule has 0 spiro atoms. The summed E-state index contributed by atoms with van der Waals surface area (Å²) in [5.74, 6) is 0.185. The number of sulfonamides is 1. The number of fused-ring (bicyclic) bond motifs is 1. The summed E-state index contributed by atoms with van der Waals surface area (Å²) in [6.45, 7) is 1.67. The molecule has 3 aromatic carbocycles. The number of rotatable bonds is 4. The Morgan fingerprint density at radius 3 is 2.47 bits per heavy atom. The highest BCUT2D eigenvalue weighted by Gasteiger charge is 2.30. The molecule has 1 unspecified atom stereocenters. The van der Waals surface area contributed by atoms with Gasteiger partial charge in [0, 0.05) is 5.56 Å². The molecule has 0 saturated heterocycles. The molecule has 0 fully saturated rings. The van der Waals surface area contributed by atoms with E-state index in [0.29, 0.717) is 16.3 Å². The number of ether oxygens (including phenoxy) is 1. The van der Waals surface area contributed by atoms with Gasteiger partial charge in [-0.3, -0.25) is 0 Å². The zero-order valence-electron chi connectivity index (χ0n) is 15.8. The largest absolute Gasteiger partial charge is 0.454 e. The highest BCUT2D eigenvalue weighted by Crippen LogP contribution is 2.38. The number of halogens is 2. The highest BCUT2D eigenvalue weighted by atomic mass is 35.5.